The molecule has 0 bridgehead atoms. The van der Waals surface area contributed by atoms with Gasteiger partial charge in [-0.1, -0.05) is 38.1 Å². The molecule has 2 aromatic rings. The Hall–Kier alpha value is -1.54. The van der Waals surface area contributed by atoms with E-state index in [4.69, 9.17) is 4.74 Å². The normalized spacial score (nSPS) is 16.8. The number of fused-ring (bicyclic) bond motifs is 1. The highest BCUT2D eigenvalue weighted by atomic mass is 16.5. The summed E-state index contributed by atoms with van der Waals surface area (Å²) in [5.41, 5.74) is 1.37. The van der Waals surface area contributed by atoms with Crippen LogP contribution in [0.1, 0.15) is 38.2 Å². The lowest BCUT2D eigenvalue weighted by Gasteiger charge is -2.24. The number of piperidine rings is 1. The molecule has 0 radical (unpaired) electrons. The van der Waals surface area contributed by atoms with Gasteiger partial charge in [-0.3, -0.25) is 0 Å². The molecule has 106 valence electrons. The van der Waals surface area contributed by atoms with Crippen molar-refractivity contribution in [2.75, 3.05) is 13.1 Å². The molecule has 0 amide bonds. The molecule has 0 saturated carbocycles. The molecule has 2 heteroatoms. The fraction of sp³-hybridized carbons (Fsp3) is 0.444. The van der Waals surface area contributed by atoms with Crippen molar-refractivity contribution in [1.29, 1.82) is 0 Å². The van der Waals surface area contributed by atoms with Gasteiger partial charge in [0.05, 0.1) is 0 Å². The van der Waals surface area contributed by atoms with Crippen LogP contribution >= 0.6 is 0 Å². The third-order valence-electron chi connectivity index (χ3n) is 4.11. The van der Waals surface area contributed by atoms with Crippen molar-refractivity contribution in [2.45, 2.75) is 38.7 Å². The first-order valence-corrected chi connectivity index (χ1v) is 7.64. The van der Waals surface area contributed by atoms with E-state index in [2.05, 4.69) is 55.6 Å². The van der Waals surface area contributed by atoms with Crippen LogP contribution in [0.25, 0.3) is 10.8 Å². The van der Waals surface area contributed by atoms with Gasteiger partial charge in [0.15, 0.2) is 0 Å². The van der Waals surface area contributed by atoms with Crippen LogP contribution in [0.15, 0.2) is 36.4 Å². The van der Waals surface area contributed by atoms with E-state index in [1.807, 2.05) is 0 Å². The van der Waals surface area contributed by atoms with Crippen LogP contribution in [0.5, 0.6) is 5.75 Å². The fourth-order valence-electron chi connectivity index (χ4n) is 2.82. The molecule has 0 aromatic heterocycles. The smallest absolute Gasteiger partial charge is 0.127 e. The minimum Gasteiger partial charge on any atom is -0.490 e. The zero-order chi connectivity index (χ0) is 13.9. The summed E-state index contributed by atoms with van der Waals surface area (Å²) >= 11 is 0. The molecule has 20 heavy (non-hydrogen) atoms. The first-order valence-electron chi connectivity index (χ1n) is 7.64. The van der Waals surface area contributed by atoms with E-state index in [-0.39, 0.29) is 0 Å². The number of hydrogen-bond acceptors (Lipinski definition) is 2. The molecule has 3 rings (SSSR count). The standard InChI is InChI=1S/C18H23NO/c1-13(2)15-7-6-14-4-3-5-18(17(14)12-15)20-16-8-10-19-11-9-16/h3-7,12-13,16,19H,8-11H2,1-2H3. The molecule has 2 aromatic carbocycles. The van der Waals surface area contributed by atoms with E-state index < -0.39 is 0 Å². The maximum absolute atomic E-state index is 6.26. The van der Waals surface area contributed by atoms with Gasteiger partial charge in [-0.25, -0.2) is 0 Å². The zero-order valence-corrected chi connectivity index (χ0v) is 12.4. The Kier molecular flexibility index (Phi) is 3.93. The van der Waals surface area contributed by atoms with Crippen molar-refractivity contribution in [3.8, 4) is 5.75 Å². The fourth-order valence-corrected chi connectivity index (χ4v) is 2.82. The molecule has 1 saturated heterocycles. The van der Waals surface area contributed by atoms with Crippen LogP contribution in [0.3, 0.4) is 0 Å². The summed E-state index contributed by atoms with van der Waals surface area (Å²) in [5.74, 6) is 1.59. The van der Waals surface area contributed by atoms with Crippen molar-refractivity contribution >= 4 is 10.8 Å². The van der Waals surface area contributed by atoms with Crippen LogP contribution in [-0.2, 0) is 0 Å². The minimum absolute atomic E-state index is 0.351. The van der Waals surface area contributed by atoms with Gasteiger partial charge >= 0.3 is 0 Å². The van der Waals surface area contributed by atoms with Crippen LogP contribution in [-0.4, -0.2) is 19.2 Å². The van der Waals surface area contributed by atoms with Crippen LogP contribution in [0.4, 0.5) is 0 Å². The van der Waals surface area contributed by atoms with Gasteiger partial charge in [-0.2, -0.15) is 0 Å². The maximum atomic E-state index is 6.26. The van der Waals surface area contributed by atoms with E-state index >= 15 is 0 Å². The Morgan fingerprint density at radius 1 is 1.10 bits per heavy atom. The van der Waals surface area contributed by atoms with Crippen LogP contribution < -0.4 is 10.1 Å². The van der Waals surface area contributed by atoms with E-state index in [0.717, 1.165) is 31.7 Å². The number of rotatable bonds is 3. The number of ether oxygens (including phenoxy) is 1. The van der Waals surface area contributed by atoms with Gasteiger partial charge in [-0.15, -0.1) is 0 Å². The molecule has 0 atom stereocenters. The lowest BCUT2D eigenvalue weighted by molar-refractivity contribution is 0.164. The SMILES string of the molecule is CC(C)c1ccc2cccc(OC3CCNCC3)c2c1. The van der Waals surface area contributed by atoms with Gasteiger partial charge in [0.25, 0.3) is 0 Å². The second kappa shape index (κ2) is 5.84. The Bertz CT molecular complexity index is 585. The zero-order valence-electron chi connectivity index (χ0n) is 12.4. The largest absolute Gasteiger partial charge is 0.490 e. The lowest BCUT2D eigenvalue weighted by atomic mass is 9.99. The van der Waals surface area contributed by atoms with Crippen molar-refractivity contribution < 1.29 is 4.74 Å². The molecule has 0 unspecified atom stereocenters. The summed E-state index contributed by atoms with van der Waals surface area (Å²) in [7, 11) is 0. The highest BCUT2D eigenvalue weighted by molar-refractivity contribution is 5.89. The lowest BCUT2D eigenvalue weighted by Crippen LogP contribution is -2.34. The third-order valence-corrected chi connectivity index (χ3v) is 4.11. The summed E-state index contributed by atoms with van der Waals surface area (Å²) in [4.78, 5) is 0. The quantitative estimate of drug-likeness (QED) is 0.906. The van der Waals surface area contributed by atoms with Crippen molar-refractivity contribution in [1.82, 2.24) is 5.32 Å². The van der Waals surface area contributed by atoms with Gasteiger partial charge in [-0.05, 0) is 54.9 Å². The maximum Gasteiger partial charge on any atom is 0.127 e. The van der Waals surface area contributed by atoms with Crippen LogP contribution in [0, 0.1) is 0 Å². The number of benzene rings is 2. The Balaban J connectivity index is 1.94. The van der Waals surface area contributed by atoms with E-state index in [1.54, 1.807) is 0 Å². The van der Waals surface area contributed by atoms with Crippen molar-refractivity contribution in [3.05, 3.63) is 42.0 Å². The molecule has 2 nitrogen and oxygen atoms in total. The highest BCUT2D eigenvalue weighted by Gasteiger charge is 2.15. The molecule has 1 aliphatic rings. The summed E-state index contributed by atoms with van der Waals surface area (Å²) in [6.45, 7) is 6.59. The topological polar surface area (TPSA) is 21.3 Å². The highest BCUT2D eigenvalue weighted by Crippen LogP contribution is 2.30. The molecule has 0 spiro atoms. The van der Waals surface area contributed by atoms with E-state index in [0.29, 0.717) is 12.0 Å². The Labute approximate surface area is 121 Å². The summed E-state index contributed by atoms with van der Waals surface area (Å²) < 4.78 is 6.26. The molecular formula is C18H23NO. The predicted molar refractivity (Wildman–Crippen MR) is 84.6 cm³/mol. The van der Waals surface area contributed by atoms with E-state index in [1.165, 1.54) is 16.3 Å². The molecule has 1 N–H and O–H groups in total. The van der Waals surface area contributed by atoms with Crippen LogP contribution in [0.2, 0.25) is 0 Å². The Morgan fingerprint density at radius 2 is 1.90 bits per heavy atom. The molecule has 1 fully saturated rings. The molecule has 0 aliphatic carbocycles. The van der Waals surface area contributed by atoms with Crippen molar-refractivity contribution in [2.24, 2.45) is 0 Å². The second-order valence-electron chi connectivity index (χ2n) is 5.96. The number of hydrogen-bond donors (Lipinski definition) is 1. The minimum atomic E-state index is 0.351. The average molecular weight is 269 g/mol. The Morgan fingerprint density at radius 3 is 2.65 bits per heavy atom. The summed E-state index contributed by atoms with van der Waals surface area (Å²) in [6, 6.07) is 13.1. The van der Waals surface area contributed by atoms with E-state index in [9.17, 15) is 0 Å². The first-order chi connectivity index (χ1) is 9.74. The summed E-state index contributed by atoms with van der Waals surface area (Å²) in [6.07, 6.45) is 2.55. The molecule has 1 heterocycles. The summed E-state index contributed by atoms with van der Waals surface area (Å²) in [5, 5.41) is 5.89. The molecule has 1 aliphatic heterocycles. The number of nitrogens with one attached hydrogen (secondary N) is 1. The van der Waals surface area contributed by atoms with Gasteiger partial charge in [0.1, 0.15) is 11.9 Å². The van der Waals surface area contributed by atoms with Gasteiger partial charge in [0.2, 0.25) is 0 Å². The first kappa shape index (κ1) is 13.4. The monoisotopic (exact) mass is 269 g/mol. The third kappa shape index (κ3) is 2.80. The average Bonchev–Trinajstić information content (AvgIpc) is 2.48. The second-order valence-corrected chi connectivity index (χ2v) is 5.96. The van der Waals surface area contributed by atoms with Crippen molar-refractivity contribution in [3.63, 3.8) is 0 Å². The molecular weight excluding hydrogens is 246 g/mol. The predicted octanol–water partition coefficient (Wildman–Crippen LogP) is 4.09. The van der Waals surface area contributed by atoms with Gasteiger partial charge in [0, 0.05) is 5.39 Å². The van der Waals surface area contributed by atoms with Gasteiger partial charge < -0.3 is 10.1 Å².